The summed E-state index contributed by atoms with van der Waals surface area (Å²) in [6.07, 6.45) is -0.195. The molecule has 0 heterocycles. The predicted molar refractivity (Wildman–Crippen MR) is 70.4 cm³/mol. The molecular weight excluding hydrogens is 254 g/mol. The molecule has 0 aromatic rings. The second kappa shape index (κ2) is 8.10. The van der Waals surface area contributed by atoms with Crippen LogP contribution in [-0.4, -0.2) is 49.6 Å². The molecule has 1 atom stereocenters. The number of ether oxygens (including phenoxy) is 1. The maximum atomic E-state index is 11.4. The van der Waals surface area contributed by atoms with Crippen molar-refractivity contribution in [3.8, 4) is 0 Å². The molecule has 1 amide bonds. The molecule has 106 valence electrons. The molecule has 0 spiro atoms. The molecule has 0 unspecified atom stereocenters. The van der Waals surface area contributed by atoms with Crippen LogP contribution in [0.1, 0.15) is 12.8 Å². The Balaban J connectivity index is 3.99. The van der Waals surface area contributed by atoms with Gasteiger partial charge < -0.3 is 20.3 Å². The predicted octanol–water partition coefficient (Wildman–Crippen LogP) is 1.28. The fourth-order valence-corrected chi connectivity index (χ4v) is 1.90. The minimum Gasteiger partial charge on any atom is -0.480 e. The molecule has 3 N–H and O–H groups in total. The number of carboxylic acid groups (broad SMARTS) is 1. The van der Waals surface area contributed by atoms with Crippen molar-refractivity contribution in [2.75, 3.05) is 13.2 Å². The van der Waals surface area contributed by atoms with Crippen molar-refractivity contribution in [3.05, 3.63) is 0 Å². The lowest BCUT2D eigenvalue weighted by atomic mass is 10.1. The zero-order valence-electron chi connectivity index (χ0n) is 11.2. The molecule has 0 aliphatic rings. The molecule has 18 heavy (non-hydrogen) atoms. The number of hydrogen-bond acceptors (Lipinski definition) is 4. The molecule has 0 aliphatic heterocycles. The number of rotatable bonds is 8. The van der Waals surface area contributed by atoms with Crippen LogP contribution in [0, 0.1) is 0 Å². The van der Waals surface area contributed by atoms with Crippen LogP contribution < -0.4 is 5.32 Å². The highest BCUT2D eigenvalue weighted by Gasteiger charge is 2.20. The van der Waals surface area contributed by atoms with Crippen LogP contribution in [0.15, 0.2) is 0 Å². The Morgan fingerprint density at radius 2 is 1.94 bits per heavy atom. The average Bonchev–Trinajstić information content (AvgIpc) is 2.21. The Morgan fingerprint density at radius 3 is 2.39 bits per heavy atom. The number of nitrogens with one attached hydrogen (secondary N) is 1. The van der Waals surface area contributed by atoms with Gasteiger partial charge in [0.25, 0.3) is 0 Å². The smallest absolute Gasteiger partial charge is 0.407 e. The SMILES string of the molecule is C[Si](C)(C)CCOC(=O)N[C@@H](CCCO)C(=O)O. The summed E-state index contributed by atoms with van der Waals surface area (Å²) in [7, 11) is -1.26. The first kappa shape index (κ1) is 16.9. The number of alkyl carbamates (subject to hydrolysis) is 1. The quantitative estimate of drug-likeness (QED) is 0.581. The summed E-state index contributed by atoms with van der Waals surface area (Å²) in [6, 6.07) is -0.161. The van der Waals surface area contributed by atoms with E-state index in [1.807, 2.05) is 0 Å². The number of carbonyl (C=O) groups excluding carboxylic acids is 1. The molecule has 0 bridgehead atoms. The topological polar surface area (TPSA) is 95.9 Å². The summed E-state index contributed by atoms with van der Waals surface area (Å²) < 4.78 is 4.94. The van der Waals surface area contributed by atoms with Crippen LogP contribution in [-0.2, 0) is 9.53 Å². The van der Waals surface area contributed by atoms with Crippen LogP contribution in [0.2, 0.25) is 25.7 Å². The summed E-state index contributed by atoms with van der Waals surface area (Å²) in [5.74, 6) is -1.12. The van der Waals surface area contributed by atoms with E-state index < -0.39 is 26.2 Å². The first-order chi connectivity index (χ1) is 8.26. The van der Waals surface area contributed by atoms with Gasteiger partial charge in [-0.2, -0.15) is 0 Å². The van der Waals surface area contributed by atoms with Gasteiger partial charge in [-0.3, -0.25) is 0 Å². The van der Waals surface area contributed by atoms with Gasteiger partial charge in [0.05, 0.1) is 6.61 Å². The lowest BCUT2D eigenvalue weighted by molar-refractivity contribution is -0.139. The van der Waals surface area contributed by atoms with Gasteiger partial charge in [-0.1, -0.05) is 19.6 Å². The number of aliphatic hydroxyl groups excluding tert-OH is 1. The second-order valence-electron chi connectivity index (χ2n) is 5.35. The standard InChI is InChI=1S/C11H23NO5Si/c1-18(2,3)8-7-17-11(16)12-9(10(14)15)5-4-6-13/h9,13H,4-8H2,1-3H3,(H,12,16)(H,14,15)/t9-/m0/s1. The van der Waals surface area contributed by atoms with E-state index in [2.05, 4.69) is 25.0 Å². The number of hydrogen-bond donors (Lipinski definition) is 3. The van der Waals surface area contributed by atoms with Gasteiger partial charge in [-0.25, -0.2) is 9.59 Å². The van der Waals surface area contributed by atoms with E-state index in [1.165, 1.54) is 0 Å². The van der Waals surface area contributed by atoms with Crippen molar-refractivity contribution in [3.63, 3.8) is 0 Å². The second-order valence-corrected chi connectivity index (χ2v) is 11.0. The maximum absolute atomic E-state index is 11.4. The average molecular weight is 277 g/mol. The third kappa shape index (κ3) is 9.00. The van der Waals surface area contributed by atoms with Gasteiger partial charge in [0.1, 0.15) is 6.04 Å². The molecule has 0 aliphatic carbocycles. The Morgan fingerprint density at radius 1 is 1.33 bits per heavy atom. The number of carbonyl (C=O) groups is 2. The van der Waals surface area contributed by atoms with E-state index in [0.717, 1.165) is 6.04 Å². The lowest BCUT2D eigenvalue weighted by Crippen LogP contribution is -2.41. The molecule has 7 heteroatoms. The zero-order valence-corrected chi connectivity index (χ0v) is 12.2. The van der Waals surface area contributed by atoms with E-state index in [-0.39, 0.29) is 13.0 Å². The molecule has 0 radical (unpaired) electrons. The third-order valence-corrected chi connectivity index (χ3v) is 4.03. The van der Waals surface area contributed by atoms with Crippen LogP contribution in [0.3, 0.4) is 0 Å². The summed E-state index contributed by atoms with van der Waals surface area (Å²) in [4.78, 5) is 22.2. The highest BCUT2D eigenvalue weighted by atomic mass is 28.3. The summed E-state index contributed by atoms with van der Waals surface area (Å²) in [6.45, 7) is 6.70. The number of amides is 1. The zero-order chi connectivity index (χ0) is 14.2. The fourth-order valence-electron chi connectivity index (χ4n) is 1.19. The van der Waals surface area contributed by atoms with Gasteiger partial charge in [-0.15, -0.1) is 0 Å². The molecule has 0 aromatic carbocycles. The number of aliphatic hydroxyl groups is 1. The first-order valence-corrected chi connectivity index (χ1v) is 9.74. The van der Waals surface area contributed by atoms with Gasteiger partial charge in [0.15, 0.2) is 0 Å². The lowest BCUT2D eigenvalue weighted by Gasteiger charge is -2.17. The highest BCUT2D eigenvalue weighted by Crippen LogP contribution is 2.07. The Kier molecular flexibility index (Phi) is 7.61. The van der Waals surface area contributed by atoms with Gasteiger partial charge in [0, 0.05) is 14.7 Å². The minimum absolute atomic E-state index is 0.101. The monoisotopic (exact) mass is 277 g/mol. The van der Waals surface area contributed by atoms with Crippen LogP contribution in [0.5, 0.6) is 0 Å². The summed E-state index contributed by atoms with van der Waals surface area (Å²) >= 11 is 0. The molecule has 0 aromatic heterocycles. The molecular formula is C11H23NO5Si. The Hall–Kier alpha value is -1.08. The van der Waals surface area contributed by atoms with Crippen LogP contribution in [0.4, 0.5) is 4.79 Å². The summed E-state index contributed by atoms with van der Waals surface area (Å²) in [5, 5.41) is 19.8. The molecule has 0 saturated carbocycles. The highest BCUT2D eigenvalue weighted by molar-refractivity contribution is 6.76. The van der Waals surface area contributed by atoms with Crippen molar-refractivity contribution in [1.29, 1.82) is 0 Å². The van der Waals surface area contributed by atoms with Crippen molar-refractivity contribution in [1.82, 2.24) is 5.32 Å². The minimum atomic E-state index is -1.26. The Labute approximate surface area is 108 Å². The molecule has 0 saturated heterocycles. The van der Waals surface area contributed by atoms with E-state index in [1.54, 1.807) is 0 Å². The third-order valence-electron chi connectivity index (χ3n) is 2.33. The first-order valence-electron chi connectivity index (χ1n) is 6.03. The van der Waals surface area contributed by atoms with Gasteiger partial charge >= 0.3 is 12.1 Å². The molecule has 6 nitrogen and oxygen atoms in total. The van der Waals surface area contributed by atoms with Crippen molar-refractivity contribution in [2.24, 2.45) is 0 Å². The fraction of sp³-hybridized carbons (Fsp3) is 0.818. The van der Waals surface area contributed by atoms with E-state index in [9.17, 15) is 9.59 Å². The van der Waals surface area contributed by atoms with Crippen LogP contribution >= 0.6 is 0 Å². The van der Waals surface area contributed by atoms with Crippen molar-refractivity contribution in [2.45, 2.75) is 44.6 Å². The van der Waals surface area contributed by atoms with Gasteiger partial charge in [0.2, 0.25) is 0 Å². The van der Waals surface area contributed by atoms with E-state index >= 15 is 0 Å². The number of carboxylic acids is 1. The van der Waals surface area contributed by atoms with E-state index in [0.29, 0.717) is 13.0 Å². The van der Waals surface area contributed by atoms with Gasteiger partial charge in [-0.05, 0) is 18.9 Å². The van der Waals surface area contributed by atoms with Crippen molar-refractivity contribution < 1.29 is 24.5 Å². The molecule has 0 rings (SSSR count). The largest absolute Gasteiger partial charge is 0.480 e. The molecule has 0 fully saturated rings. The van der Waals surface area contributed by atoms with Crippen molar-refractivity contribution >= 4 is 20.1 Å². The summed E-state index contributed by atoms with van der Waals surface area (Å²) in [5.41, 5.74) is 0. The van der Waals surface area contributed by atoms with Crippen LogP contribution in [0.25, 0.3) is 0 Å². The van der Waals surface area contributed by atoms with E-state index in [4.69, 9.17) is 14.9 Å². The maximum Gasteiger partial charge on any atom is 0.407 e. The number of aliphatic carboxylic acids is 1. The normalized spacial score (nSPS) is 12.9. The Bertz CT molecular complexity index is 277.